The van der Waals surface area contributed by atoms with Crippen molar-refractivity contribution in [3.8, 4) is 0 Å². The highest BCUT2D eigenvalue weighted by Gasteiger charge is 2.20. The Morgan fingerprint density at radius 3 is 1.80 bits per heavy atom. The first kappa shape index (κ1) is 9.43. The van der Waals surface area contributed by atoms with E-state index in [0.29, 0.717) is 0 Å². The molecule has 0 radical (unpaired) electrons. The maximum absolute atomic E-state index is 10.8. The van der Waals surface area contributed by atoms with Gasteiger partial charge in [0.2, 0.25) is 5.91 Å². The molecule has 0 unspecified atom stereocenters. The molecule has 3 nitrogen and oxygen atoms in total. The van der Waals surface area contributed by atoms with Crippen LogP contribution in [0.5, 0.6) is 0 Å². The van der Waals surface area contributed by atoms with Crippen molar-refractivity contribution in [2.24, 2.45) is 11.7 Å². The summed E-state index contributed by atoms with van der Waals surface area (Å²) in [6.45, 7) is 3.96. The van der Waals surface area contributed by atoms with Gasteiger partial charge in [-0.3, -0.25) is 9.69 Å². The van der Waals surface area contributed by atoms with Gasteiger partial charge in [-0.2, -0.15) is 0 Å². The van der Waals surface area contributed by atoms with E-state index in [-0.39, 0.29) is 17.9 Å². The third-order valence-electron chi connectivity index (χ3n) is 1.48. The molecular weight excluding hydrogens is 128 g/mol. The number of nitrogens with two attached hydrogens (primary N) is 1. The highest BCUT2D eigenvalue weighted by Crippen LogP contribution is 2.05. The lowest BCUT2D eigenvalue weighted by atomic mass is 10.0. The van der Waals surface area contributed by atoms with E-state index in [9.17, 15) is 4.79 Å². The Kier molecular flexibility index (Phi) is 3.36. The standard InChI is InChI=1S/C7H16N2O/c1-5(2)6(7(8)10)9(3)4/h5-6H,1-4H3,(H2,8,10)/t6-/m0/s1. The zero-order chi connectivity index (χ0) is 8.31. The van der Waals surface area contributed by atoms with Gasteiger partial charge in [0.15, 0.2) is 0 Å². The van der Waals surface area contributed by atoms with Crippen LogP contribution in [-0.2, 0) is 4.79 Å². The third-order valence-corrected chi connectivity index (χ3v) is 1.48. The van der Waals surface area contributed by atoms with E-state index in [4.69, 9.17) is 5.73 Å². The number of amides is 1. The molecule has 0 rings (SSSR count). The molecule has 0 aromatic heterocycles. The first-order valence-corrected chi connectivity index (χ1v) is 3.42. The van der Waals surface area contributed by atoms with Gasteiger partial charge >= 0.3 is 0 Å². The lowest BCUT2D eigenvalue weighted by molar-refractivity contribution is -0.123. The highest BCUT2D eigenvalue weighted by atomic mass is 16.1. The zero-order valence-electron chi connectivity index (χ0n) is 7.09. The van der Waals surface area contributed by atoms with Gasteiger partial charge in [0.1, 0.15) is 0 Å². The van der Waals surface area contributed by atoms with E-state index in [1.807, 2.05) is 32.8 Å². The Hall–Kier alpha value is -0.570. The maximum Gasteiger partial charge on any atom is 0.235 e. The lowest BCUT2D eigenvalue weighted by Crippen LogP contribution is -2.43. The smallest absolute Gasteiger partial charge is 0.235 e. The number of hydrogen-bond acceptors (Lipinski definition) is 2. The molecule has 0 aliphatic heterocycles. The minimum Gasteiger partial charge on any atom is -0.368 e. The molecule has 60 valence electrons. The molecule has 0 aliphatic rings. The number of hydrogen-bond donors (Lipinski definition) is 1. The van der Waals surface area contributed by atoms with E-state index in [2.05, 4.69) is 0 Å². The van der Waals surface area contributed by atoms with Crippen LogP contribution in [0.3, 0.4) is 0 Å². The third kappa shape index (κ3) is 2.35. The van der Waals surface area contributed by atoms with Gasteiger partial charge in [-0.15, -0.1) is 0 Å². The minimum atomic E-state index is -0.250. The SMILES string of the molecule is CC(C)[C@@H](C(N)=O)N(C)C. The average Bonchev–Trinajstić information content (AvgIpc) is 1.59. The van der Waals surface area contributed by atoms with Crippen LogP contribution < -0.4 is 5.73 Å². The van der Waals surface area contributed by atoms with Crippen LogP contribution in [0, 0.1) is 5.92 Å². The number of rotatable bonds is 3. The van der Waals surface area contributed by atoms with Gasteiger partial charge < -0.3 is 5.73 Å². The second-order valence-corrected chi connectivity index (χ2v) is 3.05. The van der Waals surface area contributed by atoms with Crippen molar-refractivity contribution in [2.45, 2.75) is 19.9 Å². The van der Waals surface area contributed by atoms with Crippen molar-refractivity contribution in [1.29, 1.82) is 0 Å². The number of primary amides is 1. The Bertz CT molecular complexity index is 113. The molecule has 1 amide bonds. The van der Waals surface area contributed by atoms with Gasteiger partial charge in [-0.25, -0.2) is 0 Å². The summed E-state index contributed by atoms with van der Waals surface area (Å²) in [5.41, 5.74) is 5.16. The molecule has 0 heterocycles. The molecule has 0 aromatic carbocycles. The molecule has 0 saturated carbocycles. The molecule has 0 spiro atoms. The summed E-state index contributed by atoms with van der Waals surface area (Å²) < 4.78 is 0. The second-order valence-electron chi connectivity index (χ2n) is 3.05. The van der Waals surface area contributed by atoms with E-state index in [1.54, 1.807) is 0 Å². The van der Waals surface area contributed by atoms with Crippen molar-refractivity contribution in [1.82, 2.24) is 4.90 Å². The number of carbonyl (C=O) groups is 1. The molecule has 0 aliphatic carbocycles. The monoisotopic (exact) mass is 144 g/mol. The van der Waals surface area contributed by atoms with Gasteiger partial charge in [0.05, 0.1) is 6.04 Å². The van der Waals surface area contributed by atoms with Crippen LogP contribution in [0.15, 0.2) is 0 Å². The Balaban J connectivity index is 4.12. The number of nitrogens with zero attached hydrogens (tertiary/aromatic N) is 1. The van der Waals surface area contributed by atoms with Crippen LogP contribution in [0.1, 0.15) is 13.8 Å². The fourth-order valence-corrected chi connectivity index (χ4v) is 1.18. The molecule has 1 atom stereocenters. The van der Waals surface area contributed by atoms with Gasteiger partial charge in [-0.05, 0) is 20.0 Å². The summed E-state index contributed by atoms with van der Waals surface area (Å²) in [4.78, 5) is 12.6. The molecule has 3 heteroatoms. The first-order valence-electron chi connectivity index (χ1n) is 3.42. The zero-order valence-corrected chi connectivity index (χ0v) is 7.09. The number of likely N-dealkylation sites (N-methyl/N-ethyl adjacent to an activating group) is 1. The quantitative estimate of drug-likeness (QED) is 0.608. The molecule has 0 fully saturated rings. The Morgan fingerprint density at radius 2 is 1.80 bits per heavy atom. The van der Waals surface area contributed by atoms with Crippen molar-refractivity contribution in [3.05, 3.63) is 0 Å². The Labute approximate surface area is 62.2 Å². The second kappa shape index (κ2) is 3.56. The summed E-state index contributed by atoms with van der Waals surface area (Å²) in [5.74, 6) is 0.0347. The van der Waals surface area contributed by atoms with E-state index in [0.717, 1.165) is 0 Å². The van der Waals surface area contributed by atoms with Crippen LogP contribution in [0.25, 0.3) is 0 Å². The molecule has 0 bridgehead atoms. The molecule has 10 heavy (non-hydrogen) atoms. The molecule has 0 aromatic rings. The van der Waals surface area contributed by atoms with Crippen molar-refractivity contribution in [2.75, 3.05) is 14.1 Å². The minimum absolute atomic E-state index is 0.139. The summed E-state index contributed by atoms with van der Waals surface area (Å²) in [6, 6.07) is -0.139. The normalized spacial score (nSPS) is 14.2. The largest absolute Gasteiger partial charge is 0.368 e. The van der Waals surface area contributed by atoms with Crippen LogP contribution in [-0.4, -0.2) is 30.9 Å². The van der Waals surface area contributed by atoms with E-state index in [1.165, 1.54) is 0 Å². The van der Waals surface area contributed by atoms with Gasteiger partial charge in [-0.1, -0.05) is 13.8 Å². The van der Waals surface area contributed by atoms with Crippen molar-refractivity contribution >= 4 is 5.91 Å². The molecule has 0 saturated heterocycles. The first-order chi connectivity index (χ1) is 4.46. The van der Waals surface area contributed by atoms with Crippen molar-refractivity contribution in [3.63, 3.8) is 0 Å². The lowest BCUT2D eigenvalue weighted by Gasteiger charge is -2.24. The number of carbonyl (C=O) groups excluding carboxylic acids is 1. The fourth-order valence-electron chi connectivity index (χ4n) is 1.18. The summed E-state index contributed by atoms with van der Waals surface area (Å²) in [7, 11) is 3.71. The predicted molar refractivity (Wildman–Crippen MR) is 41.5 cm³/mol. The van der Waals surface area contributed by atoms with Crippen LogP contribution in [0.4, 0.5) is 0 Å². The topological polar surface area (TPSA) is 46.3 Å². The van der Waals surface area contributed by atoms with Crippen molar-refractivity contribution < 1.29 is 4.79 Å². The Morgan fingerprint density at radius 1 is 1.40 bits per heavy atom. The highest BCUT2D eigenvalue weighted by molar-refractivity contribution is 5.80. The van der Waals surface area contributed by atoms with E-state index >= 15 is 0 Å². The summed E-state index contributed by atoms with van der Waals surface area (Å²) in [6.07, 6.45) is 0. The van der Waals surface area contributed by atoms with Crippen LogP contribution >= 0.6 is 0 Å². The van der Waals surface area contributed by atoms with Gasteiger partial charge in [0.25, 0.3) is 0 Å². The predicted octanol–water partition coefficient (Wildman–Crippen LogP) is 0.0579. The fraction of sp³-hybridized carbons (Fsp3) is 0.857. The average molecular weight is 144 g/mol. The molecule has 2 N–H and O–H groups in total. The van der Waals surface area contributed by atoms with Crippen LogP contribution in [0.2, 0.25) is 0 Å². The molecular formula is C7H16N2O. The van der Waals surface area contributed by atoms with E-state index < -0.39 is 0 Å². The van der Waals surface area contributed by atoms with Gasteiger partial charge in [0, 0.05) is 0 Å². The summed E-state index contributed by atoms with van der Waals surface area (Å²) in [5, 5.41) is 0. The maximum atomic E-state index is 10.8. The summed E-state index contributed by atoms with van der Waals surface area (Å²) >= 11 is 0.